The third kappa shape index (κ3) is 1.95. The summed E-state index contributed by atoms with van der Waals surface area (Å²) in [4.78, 5) is 14.0. The van der Waals surface area contributed by atoms with Crippen LogP contribution in [0.2, 0.25) is 0 Å². The molecule has 0 unspecified atom stereocenters. The number of fused-ring (bicyclic) bond motifs is 1. The van der Waals surface area contributed by atoms with Gasteiger partial charge in [-0.05, 0) is 30.0 Å². The number of hydrogen-bond donors (Lipinski definition) is 1. The molecule has 1 aliphatic heterocycles. The molecule has 0 saturated heterocycles. The van der Waals surface area contributed by atoms with Crippen LogP contribution in [0.4, 0.5) is 0 Å². The molecule has 3 nitrogen and oxygen atoms in total. The maximum Gasteiger partial charge on any atom is 0.254 e. The predicted octanol–water partition coefficient (Wildman–Crippen LogP) is 1.21. The molecule has 0 radical (unpaired) electrons. The molecule has 0 atom stereocenters. The van der Waals surface area contributed by atoms with Crippen LogP contribution in [0.15, 0.2) is 18.2 Å². The Kier molecular flexibility index (Phi) is 3.25. The van der Waals surface area contributed by atoms with E-state index >= 15 is 0 Å². The molecule has 3 heteroatoms. The van der Waals surface area contributed by atoms with Crippen molar-refractivity contribution >= 4 is 5.91 Å². The van der Waals surface area contributed by atoms with Gasteiger partial charge in [0, 0.05) is 25.2 Å². The van der Waals surface area contributed by atoms with Crippen molar-refractivity contribution < 1.29 is 4.79 Å². The molecule has 86 valence electrons. The minimum Gasteiger partial charge on any atom is -0.337 e. The normalized spacial score (nSPS) is 15.1. The highest BCUT2D eigenvalue weighted by Gasteiger charge is 2.23. The Balaban J connectivity index is 2.31. The largest absolute Gasteiger partial charge is 0.337 e. The molecule has 1 aromatic rings. The Morgan fingerprint density at radius 2 is 2.25 bits per heavy atom. The smallest absolute Gasteiger partial charge is 0.254 e. The number of aryl methyl sites for hydroxylation is 1. The van der Waals surface area contributed by atoms with Gasteiger partial charge in [0.05, 0.1) is 0 Å². The van der Waals surface area contributed by atoms with E-state index < -0.39 is 0 Å². The molecular weight excluding hydrogens is 200 g/mol. The number of carbonyl (C=O) groups excluding carboxylic acids is 1. The maximum absolute atomic E-state index is 12.1. The topological polar surface area (TPSA) is 46.3 Å². The number of rotatable bonds is 3. The number of nitrogens with zero attached hydrogens (tertiary/aromatic N) is 1. The van der Waals surface area contributed by atoms with Gasteiger partial charge in [-0.2, -0.15) is 0 Å². The van der Waals surface area contributed by atoms with Crippen molar-refractivity contribution in [3.8, 4) is 0 Å². The number of hydrogen-bond acceptors (Lipinski definition) is 2. The van der Waals surface area contributed by atoms with Crippen LogP contribution in [0, 0.1) is 0 Å². The van der Waals surface area contributed by atoms with Crippen LogP contribution in [0.5, 0.6) is 0 Å². The van der Waals surface area contributed by atoms with Crippen molar-refractivity contribution in [2.45, 2.75) is 19.8 Å². The molecule has 0 saturated carbocycles. The summed E-state index contributed by atoms with van der Waals surface area (Å²) in [5, 5.41) is 0. The summed E-state index contributed by atoms with van der Waals surface area (Å²) in [5.41, 5.74) is 8.78. The Morgan fingerprint density at radius 1 is 1.44 bits per heavy atom. The molecule has 1 aliphatic rings. The fraction of sp³-hybridized carbons (Fsp3) is 0.462. The van der Waals surface area contributed by atoms with Crippen molar-refractivity contribution in [1.82, 2.24) is 4.90 Å². The summed E-state index contributed by atoms with van der Waals surface area (Å²) in [5.74, 6) is 0.141. The van der Waals surface area contributed by atoms with E-state index in [9.17, 15) is 4.79 Å². The number of carbonyl (C=O) groups is 1. The zero-order valence-corrected chi connectivity index (χ0v) is 9.70. The first-order valence-corrected chi connectivity index (χ1v) is 5.87. The molecule has 2 N–H and O–H groups in total. The SMILES string of the molecule is CCc1ccc2c(c1)C(=O)N(CCN)CC2. The van der Waals surface area contributed by atoms with Crippen molar-refractivity contribution in [2.24, 2.45) is 5.73 Å². The maximum atomic E-state index is 12.1. The van der Waals surface area contributed by atoms with Crippen LogP contribution >= 0.6 is 0 Å². The highest BCUT2D eigenvalue weighted by atomic mass is 16.2. The Hall–Kier alpha value is -1.35. The van der Waals surface area contributed by atoms with Gasteiger partial charge in [0.15, 0.2) is 0 Å². The number of amides is 1. The standard InChI is InChI=1S/C13H18N2O/c1-2-10-3-4-11-5-7-15(8-6-14)13(16)12(11)9-10/h3-4,9H,2,5-8,14H2,1H3. The monoisotopic (exact) mass is 218 g/mol. The van der Waals surface area contributed by atoms with E-state index in [0.717, 1.165) is 24.9 Å². The second-order valence-electron chi connectivity index (χ2n) is 4.18. The lowest BCUT2D eigenvalue weighted by molar-refractivity contribution is 0.0744. The van der Waals surface area contributed by atoms with Gasteiger partial charge in [-0.1, -0.05) is 19.1 Å². The molecule has 16 heavy (non-hydrogen) atoms. The molecule has 0 aliphatic carbocycles. The van der Waals surface area contributed by atoms with E-state index in [1.54, 1.807) is 0 Å². The fourth-order valence-electron chi connectivity index (χ4n) is 2.16. The summed E-state index contributed by atoms with van der Waals surface area (Å²) < 4.78 is 0. The third-order valence-electron chi connectivity index (χ3n) is 3.15. The minimum atomic E-state index is 0.141. The number of benzene rings is 1. The van der Waals surface area contributed by atoms with Crippen molar-refractivity contribution in [1.29, 1.82) is 0 Å². The molecule has 2 rings (SSSR count). The second-order valence-corrected chi connectivity index (χ2v) is 4.18. The molecule has 0 spiro atoms. The first kappa shape index (κ1) is 11.1. The zero-order chi connectivity index (χ0) is 11.5. The van der Waals surface area contributed by atoms with Gasteiger partial charge in [0.1, 0.15) is 0 Å². The lowest BCUT2D eigenvalue weighted by Crippen LogP contribution is -2.40. The summed E-state index contributed by atoms with van der Waals surface area (Å²) >= 11 is 0. The Bertz CT molecular complexity index is 401. The van der Waals surface area contributed by atoms with Crippen molar-refractivity contribution in [3.05, 3.63) is 34.9 Å². The van der Waals surface area contributed by atoms with Crippen molar-refractivity contribution in [3.63, 3.8) is 0 Å². The minimum absolute atomic E-state index is 0.141. The van der Waals surface area contributed by atoms with Crippen LogP contribution < -0.4 is 5.73 Å². The highest BCUT2D eigenvalue weighted by molar-refractivity contribution is 5.97. The Morgan fingerprint density at radius 3 is 2.94 bits per heavy atom. The molecule has 1 amide bonds. The van der Waals surface area contributed by atoms with Gasteiger partial charge in [0.2, 0.25) is 0 Å². The quantitative estimate of drug-likeness (QED) is 0.828. The van der Waals surface area contributed by atoms with Gasteiger partial charge in [0.25, 0.3) is 5.91 Å². The lowest BCUT2D eigenvalue weighted by Gasteiger charge is -2.28. The van der Waals surface area contributed by atoms with E-state index in [1.807, 2.05) is 11.0 Å². The lowest BCUT2D eigenvalue weighted by atomic mass is 9.96. The van der Waals surface area contributed by atoms with E-state index in [4.69, 9.17) is 5.73 Å². The van der Waals surface area contributed by atoms with E-state index in [0.29, 0.717) is 13.1 Å². The van der Waals surface area contributed by atoms with Gasteiger partial charge < -0.3 is 10.6 Å². The third-order valence-corrected chi connectivity index (χ3v) is 3.15. The van der Waals surface area contributed by atoms with Crippen LogP contribution in [0.1, 0.15) is 28.4 Å². The van der Waals surface area contributed by atoms with Gasteiger partial charge in [-0.3, -0.25) is 4.79 Å². The molecule has 1 heterocycles. The van der Waals surface area contributed by atoms with E-state index in [2.05, 4.69) is 19.1 Å². The molecule has 1 aromatic carbocycles. The molecule has 0 aromatic heterocycles. The van der Waals surface area contributed by atoms with E-state index in [-0.39, 0.29) is 5.91 Å². The first-order chi connectivity index (χ1) is 7.76. The summed E-state index contributed by atoms with van der Waals surface area (Å²) in [7, 11) is 0. The van der Waals surface area contributed by atoms with Crippen LogP contribution in [-0.4, -0.2) is 30.4 Å². The Labute approximate surface area is 96.2 Å². The first-order valence-electron chi connectivity index (χ1n) is 5.87. The summed E-state index contributed by atoms with van der Waals surface area (Å²) in [6, 6.07) is 6.23. The highest BCUT2D eigenvalue weighted by Crippen LogP contribution is 2.20. The van der Waals surface area contributed by atoms with Gasteiger partial charge >= 0.3 is 0 Å². The summed E-state index contributed by atoms with van der Waals surface area (Å²) in [6.07, 6.45) is 1.92. The predicted molar refractivity (Wildman–Crippen MR) is 64.5 cm³/mol. The van der Waals surface area contributed by atoms with E-state index in [1.165, 1.54) is 11.1 Å². The summed E-state index contributed by atoms with van der Waals surface area (Å²) in [6.45, 7) is 4.10. The van der Waals surface area contributed by atoms with Crippen LogP contribution in [-0.2, 0) is 12.8 Å². The molecule has 0 bridgehead atoms. The van der Waals surface area contributed by atoms with Crippen molar-refractivity contribution in [2.75, 3.05) is 19.6 Å². The molecule has 0 fully saturated rings. The fourth-order valence-corrected chi connectivity index (χ4v) is 2.16. The molecular formula is C13H18N2O. The van der Waals surface area contributed by atoms with Crippen LogP contribution in [0.3, 0.4) is 0 Å². The second kappa shape index (κ2) is 4.66. The number of nitrogens with two attached hydrogens (primary N) is 1. The average Bonchev–Trinajstić information content (AvgIpc) is 2.33. The van der Waals surface area contributed by atoms with Crippen LogP contribution in [0.25, 0.3) is 0 Å². The van der Waals surface area contributed by atoms with Gasteiger partial charge in [-0.15, -0.1) is 0 Å². The average molecular weight is 218 g/mol. The zero-order valence-electron chi connectivity index (χ0n) is 9.70. The van der Waals surface area contributed by atoms with Gasteiger partial charge in [-0.25, -0.2) is 0 Å².